The third kappa shape index (κ3) is 3.83. The maximum Gasteiger partial charge on any atom is 0.232 e. The lowest BCUT2D eigenvalue weighted by Crippen LogP contribution is -2.27. The number of aromatic nitrogens is 2. The fourth-order valence-electron chi connectivity index (χ4n) is 2.42. The molecule has 0 unspecified atom stereocenters. The molecular weight excluding hydrogens is 384 g/mol. The van der Waals surface area contributed by atoms with Gasteiger partial charge in [-0.05, 0) is 52.3 Å². The highest BCUT2D eigenvalue weighted by atomic mass is 79.9. The van der Waals surface area contributed by atoms with Crippen LogP contribution in [-0.2, 0) is 11.8 Å². The van der Waals surface area contributed by atoms with Crippen LogP contribution < -0.4 is 15.2 Å². The summed E-state index contributed by atoms with van der Waals surface area (Å²) in [6, 6.07) is 14.9. The van der Waals surface area contributed by atoms with Crippen LogP contribution in [0, 0.1) is 0 Å². The van der Waals surface area contributed by atoms with E-state index in [1.165, 1.54) is 5.01 Å². The molecule has 1 heterocycles. The Labute approximate surface area is 154 Å². The summed E-state index contributed by atoms with van der Waals surface area (Å²) in [5, 5.41) is 5.85. The highest BCUT2D eigenvalue weighted by molar-refractivity contribution is 9.10. The molecule has 0 fully saturated rings. The standard InChI is InChI=1S/C18H17BrN4O2/c1-22-11-17(19)18(21-22)13-4-3-5-14(10-13)20-23(12-24)15-6-8-16(25-2)9-7-15/h3-12,20H,1-2H3. The van der Waals surface area contributed by atoms with Crippen molar-refractivity contribution >= 4 is 33.7 Å². The summed E-state index contributed by atoms with van der Waals surface area (Å²) in [4.78, 5) is 11.5. The SMILES string of the molecule is COc1ccc(N(C=O)Nc2cccc(-c3nn(C)cc3Br)c2)cc1. The van der Waals surface area contributed by atoms with Gasteiger partial charge in [-0.3, -0.25) is 14.9 Å². The number of aryl methyl sites for hydroxylation is 1. The second kappa shape index (κ2) is 7.40. The van der Waals surface area contributed by atoms with E-state index in [0.717, 1.165) is 33.6 Å². The Balaban J connectivity index is 1.84. The minimum absolute atomic E-state index is 0.709. The molecule has 1 aromatic heterocycles. The molecule has 0 saturated carbocycles. The first-order valence-corrected chi connectivity index (χ1v) is 8.35. The molecule has 0 radical (unpaired) electrons. The smallest absolute Gasteiger partial charge is 0.232 e. The Morgan fingerprint density at radius 2 is 2.00 bits per heavy atom. The summed E-state index contributed by atoms with van der Waals surface area (Å²) in [7, 11) is 3.47. The minimum Gasteiger partial charge on any atom is -0.497 e. The van der Waals surface area contributed by atoms with Gasteiger partial charge in [0.2, 0.25) is 6.41 Å². The van der Waals surface area contributed by atoms with Gasteiger partial charge in [-0.15, -0.1) is 0 Å². The molecule has 1 amide bonds. The zero-order valence-corrected chi connectivity index (χ0v) is 15.4. The zero-order chi connectivity index (χ0) is 17.8. The predicted octanol–water partition coefficient (Wildman–Crippen LogP) is 3.85. The van der Waals surface area contributed by atoms with Gasteiger partial charge in [0.15, 0.2) is 0 Å². The van der Waals surface area contributed by atoms with Crippen LogP contribution in [0.5, 0.6) is 5.75 Å². The molecular formula is C18H17BrN4O2. The van der Waals surface area contributed by atoms with Gasteiger partial charge in [0.1, 0.15) is 11.4 Å². The Bertz CT molecular complexity index is 877. The van der Waals surface area contributed by atoms with E-state index in [1.807, 2.05) is 37.5 Å². The lowest BCUT2D eigenvalue weighted by Gasteiger charge is -2.20. The molecule has 1 N–H and O–H groups in total. The van der Waals surface area contributed by atoms with Crippen molar-refractivity contribution in [1.82, 2.24) is 9.78 Å². The van der Waals surface area contributed by atoms with Crippen LogP contribution in [-0.4, -0.2) is 23.3 Å². The molecule has 0 saturated heterocycles. The summed E-state index contributed by atoms with van der Waals surface area (Å²) < 4.78 is 7.79. The average Bonchev–Trinajstić information content (AvgIpc) is 2.98. The molecule has 3 aromatic rings. The van der Waals surface area contributed by atoms with Crippen molar-refractivity contribution in [2.75, 3.05) is 17.5 Å². The lowest BCUT2D eigenvalue weighted by atomic mass is 10.1. The highest BCUT2D eigenvalue weighted by Gasteiger charge is 2.10. The largest absolute Gasteiger partial charge is 0.497 e. The van der Waals surface area contributed by atoms with E-state index >= 15 is 0 Å². The molecule has 6 nitrogen and oxygen atoms in total. The number of nitrogens with one attached hydrogen (secondary N) is 1. The van der Waals surface area contributed by atoms with Crippen molar-refractivity contribution in [2.24, 2.45) is 7.05 Å². The quantitative estimate of drug-likeness (QED) is 0.504. The topological polar surface area (TPSA) is 59.4 Å². The molecule has 0 aliphatic carbocycles. The van der Waals surface area contributed by atoms with E-state index in [9.17, 15) is 4.79 Å². The van der Waals surface area contributed by atoms with Crippen molar-refractivity contribution in [3.8, 4) is 17.0 Å². The van der Waals surface area contributed by atoms with Crippen molar-refractivity contribution in [3.63, 3.8) is 0 Å². The second-order valence-corrected chi connectivity index (χ2v) is 6.22. The first-order chi connectivity index (χ1) is 12.1. The number of nitrogens with zero attached hydrogens (tertiary/aromatic N) is 3. The number of methoxy groups -OCH3 is 1. The first-order valence-electron chi connectivity index (χ1n) is 7.55. The number of hydrogen-bond donors (Lipinski definition) is 1. The van der Waals surface area contributed by atoms with Gasteiger partial charge in [-0.2, -0.15) is 5.10 Å². The normalized spacial score (nSPS) is 10.4. The van der Waals surface area contributed by atoms with Crippen LogP contribution in [0.25, 0.3) is 11.3 Å². The molecule has 0 aliphatic rings. The number of halogens is 1. The van der Waals surface area contributed by atoms with Crippen LogP contribution in [0.15, 0.2) is 59.2 Å². The predicted molar refractivity (Wildman–Crippen MR) is 102 cm³/mol. The number of carbonyl (C=O) groups excluding carboxylic acids is 1. The highest BCUT2D eigenvalue weighted by Crippen LogP contribution is 2.28. The van der Waals surface area contributed by atoms with Crippen molar-refractivity contribution in [2.45, 2.75) is 0 Å². The fourth-order valence-corrected chi connectivity index (χ4v) is 3.03. The van der Waals surface area contributed by atoms with Crippen LogP contribution in [0.2, 0.25) is 0 Å². The number of carbonyl (C=O) groups is 1. The maximum absolute atomic E-state index is 11.5. The Hall–Kier alpha value is -2.80. The zero-order valence-electron chi connectivity index (χ0n) is 13.8. The van der Waals surface area contributed by atoms with Gasteiger partial charge in [0, 0.05) is 18.8 Å². The maximum atomic E-state index is 11.5. The van der Waals surface area contributed by atoms with Crippen molar-refractivity contribution in [1.29, 1.82) is 0 Å². The van der Waals surface area contributed by atoms with E-state index in [2.05, 4.69) is 26.5 Å². The van der Waals surface area contributed by atoms with Gasteiger partial charge in [-0.25, -0.2) is 5.01 Å². The van der Waals surface area contributed by atoms with Gasteiger partial charge in [-0.1, -0.05) is 12.1 Å². The number of hydrazine groups is 1. The molecule has 0 atom stereocenters. The molecule has 128 valence electrons. The summed E-state index contributed by atoms with van der Waals surface area (Å²) >= 11 is 3.51. The molecule has 25 heavy (non-hydrogen) atoms. The Morgan fingerprint density at radius 3 is 2.60 bits per heavy atom. The first kappa shape index (κ1) is 17.0. The number of anilines is 2. The van der Waals surface area contributed by atoms with E-state index in [-0.39, 0.29) is 0 Å². The number of ether oxygens (including phenoxy) is 1. The number of benzene rings is 2. The summed E-state index contributed by atoms with van der Waals surface area (Å²) in [6.45, 7) is 0. The second-order valence-electron chi connectivity index (χ2n) is 5.37. The van der Waals surface area contributed by atoms with Gasteiger partial charge in [0.25, 0.3) is 0 Å². The van der Waals surface area contributed by atoms with Crippen LogP contribution in [0.1, 0.15) is 0 Å². The Morgan fingerprint density at radius 1 is 1.24 bits per heavy atom. The van der Waals surface area contributed by atoms with Crippen molar-refractivity contribution in [3.05, 3.63) is 59.2 Å². The van der Waals surface area contributed by atoms with E-state index < -0.39 is 0 Å². The number of amides is 1. The molecule has 3 rings (SSSR count). The van der Waals surface area contributed by atoms with Crippen molar-refractivity contribution < 1.29 is 9.53 Å². The third-order valence-electron chi connectivity index (χ3n) is 3.63. The monoisotopic (exact) mass is 400 g/mol. The van der Waals surface area contributed by atoms with E-state index in [4.69, 9.17) is 4.74 Å². The third-order valence-corrected chi connectivity index (χ3v) is 4.21. The van der Waals surface area contributed by atoms with Gasteiger partial charge in [0.05, 0.1) is 23.0 Å². The van der Waals surface area contributed by atoms with Gasteiger partial charge >= 0.3 is 0 Å². The summed E-state index contributed by atoms with van der Waals surface area (Å²) in [5.41, 5.74) is 6.36. The van der Waals surface area contributed by atoms with Crippen LogP contribution in [0.4, 0.5) is 11.4 Å². The number of rotatable bonds is 6. The number of hydrogen-bond acceptors (Lipinski definition) is 4. The molecule has 0 spiro atoms. The molecule has 7 heteroatoms. The Kier molecular flexibility index (Phi) is 5.04. The summed E-state index contributed by atoms with van der Waals surface area (Å²) in [6.07, 6.45) is 2.62. The molecule has 2 aromatic carbocycles. The molecule has 0 bridgehead atoms. The van der Waals surface area contributed by atoms with E-state index in [1.54, 1.807) is 36.1 Å². The van der Waals surface area contributed by atoms with Crippen LogP contribution in [0.3, 0.4) is 0 Å². The lowest BCUT2D eigenvalue weighted by molar-refractivity contribution is -0.107. The van der Waals surface area contributed by atoms with Crippen LogP contribution >= 0.6 is 15.9 Å². The van der Waals surface area contributed by atoms with E-state index in [0.29, 0.717) is 5.69 Å². The summed E-state index contributed by atoms with van der Waals surface area (Å²) in [5.74, 6) is 0.733. The average molecular weight is 401 g/mol. The minimum atomic E-state index is 0.709. The fraction of sp³-hybridized carbons (Fsp3) is 0.111. The van der Waals surface area contributed by atoms with Gasteiger partial charge < -0.3 is 4.74 Å². The molecule has 0 aliphatic heterocycles.